The first kappa shape index (κ1) is 23.3. The molecule has 9 heteroatoms. The van der Waals surface area contributed by atoms with E-state index in [1.165, 1.54) is 12.3 Å². The van der Waals surface area contributed by atoms with Gasteiger partial charge in [0.2, 0.25) is 18.0 Å². The van der Waals surface area contributed by atoms with Gasteiger partial charge in [-0.05, 0) is 12.1 Å². The lowest BCUT2D eigenvalue weighted by molar-refractivity contribution is -0.117. The Hall–Kier alpha value is -4.40. The van der Waals surface area contributed by atoms with Crippen molar-refractivity contribution >= 4 is 29.2 Å². The molecule has 0 aliphatic carbocycles. The number of fused-ring (bicyclic) bond motifs is 1. The molecule has 1 aliphatic rings. The van der Waals surface area contributed by atoms with E-state index in [1.807, 2.05) is 56.3 Å². The first-order chi connectivity index (χ1) is 16.0. The number of hydrogen-bond acceptors (Lipinski definition) is 6. The molecule has 1 unspecified atom stereocenters. The summed E-state index contributed by atoms with van der Waals surface area (Å²) >= 11 is 0. The molecule has 1 aliphatic heterocycles. The molecule has 168 valence electrons. The molecule has 0 bridgehead atoms. The molecule has 1 atom stereocenters. The topological polar surface area (TPSA) is 126 Å². The lowest BCUT2D eigenvalue weighted by Crippen LogP contribution is -2.29. The van der Waals surface area contributed by atoms with Crippen LogP contribution in [-0.4, -0.2) is 34.7 Å². The average Bonchev–Trinajstić information content (AvgIpc) is 2.97. The van der Waals surface area contributed by atoms with Crippen LogP contribution in [0, 0.1) is 11.4 Å². The fourth-order valence-electron chi connectivity index (χ4n) is 3.01. The molecular formula is C24H23FN6O2. The minimum atomic E-state index is -1.25. The number of benzene rings is 2. The first-order valence-electron chi connectivity index (χ1n) is 10.3. The number of carbonyl (C=O) groups excluding carboxylic acids is 1. The Morgan fingerprint density at radius 2 is 1.82 bits per heavy atom. The van der Waals surface area contributed by atoms with Crippen LogP contribution in [0.25, 0.3) is 0 Å². The third-order valence-electron chi connectivity index (χ3n) is 4.42. The highest BCUT2D eigenvalue weighted by Crippen LogP contribution is 2.24. The minimum Gasteiger partial charge on any atom is -0.407 e. The van der Waals surface area contributed by atoms with Crippen LogP contribution in [0.2, 0.25) is 0 Å². The highest BCUT2D eigenvalue weighted by atomic mass is 19.1. The van der Waals surface area contributed by atoms with E-state index in [-0.39, 0.29) is 5.56 Å². The number of para-hydroxylation sites is 1. The van der Waals surface area contributed by atoms with E-state index in [0.29, 0.717) is 11.4 Å². The summed E-state index contributed by atoms with van der Waals surface area (Å²) in [4.78, 5) is 24.7. The first-order valence-corrected chi connectivity index (χ1v) is 10.3. The molecule has 0 radical (unpaired) electrons. The molecule has 0 saturated carbocycles. The summed E-state index contributed by atoms with van der Waals surface area (Å²) in [7, 11) is 0. The number of ether oxygens (including phenoxy) is 1. The van der Waals surface area contributed by atoms with Gasteiger partial charge < -0.3 is 15.8 Å². The van der Waals surface area contributed by atoms with Crippen LogP contribution in [0.15, 0.2) is 82.9 Å². The van der Waals surface area contributed by atoms with E-state index in [2.05, 4.69) is 20.3 Å². The van der Waals surface area contributed by atoms with E-state index in [1.54, 1.807) is 12.1 Å². The van der Waals surface area contributed by atoms with Crippen LogP contribution in [-0.2, 0) is 9.53 Å². The van der Waals surface area contributed by atoms with E-state index in [9.17, 15) is 9.18 Å². The highest BCUT2D eigenvalue weighted by Gasteiger charge is 2.26. The zero-order valence-electron chi connectivity index (χ0n) is 18.1. The number of nitrogens with two attached hydrogens (primary N) is 1. The summed E-state index contributed by atoms with van der Waals surface area (Å²) < 4.78 is 18.4. The van der Waals surface area contributed by atoms with E-state index in [0.717, 1.165) is 17.2 Å². The predicted octanol–water partition coefficient (Wildman–Crippen LogP) is 3.72. The molecule has 3 aromatic rings. The monoisotopic (exact) mass is 446 g/mol. The molecule has 0 spiro atoms. The lowest BCUT2D eigenvalue weighted by atomic mass is 10.0. The summed E-state index contributed by atoms with van der Waals surface area (Å²) in [5, 5.41) is 10.7. The summed E-state index contributed by atoms with van der Waals surface area (Å²) in [5.41, 5.74) is 8.61. The molecular weight excluding hydrogens is 423 g/mol. The SMILES string of the molecule is CC.N=C(O/C(N)=N/C1N=C(c2ccccc2)c2ccccc2NC1=O)c1ccnc(F)c1. The normalized spacial score (nSPS) is 15.1. The summed E-state index contributed by atoms with van der Waals surface area (Å²) in [6.07, 6.45) is -0.0490. The molecule has 0 saturated heterocycles. The fourth-order valence-corrected chi connectivity index (χ4v) is 3.01. The Morgan fingerprint density at radius 3 is 2.55 bits per heavy atom. The van der Waals surface area contributed by atoms with Crippen molar-refractivity contribution in [3.05, 3.63) is 95.6 Å². The molecule has 33 heavy (non-hydrogen) atoms. The zero-order chi connectivity index (χ0) is 23.8. The maximum absolute atomic E-state index is 13.3. The van der Waals surface area contributed by atoms with Crippen molar-refractivity contribution in [1.82, 2.24) is 4.98 Å². The quantitative estimate of drug-likeness (QED) is 0.322. The molecule has 4 rings (SSSR count). The van der Waals surface area contributed by atoms with Gasteiger partial charge in [-0.25, -0.2) is 9.98 Å². The van der Waals surface area contributed by atoms with Crippen LogP contribution in [0.3, 0.4) is 0 Å². The van der Waals surface area contributed by atoms with Crippen LogP contribution in [0.5, 0.6) is 0 Å². The number of rotatable bonds is 3. The number of aromatic nitrogens is 1. The molecule has 2 heterocycles. The van der Waals surface area contributed by atoms with Crippen molar-refractivity contribution in [2.75, 3.05) is 5.32 Å². The smallest absolute Gasteiger partial charge is 0.291 e. The van der Waals surface area contributed by atoms with Crippen LogP contribution in [0.1, 0.15) is 30.5 Å². The van der Waals surface area contributed by atoms with Crippen molar-refractivity contribution < 1.29 is 13.9 Å². The number of benzodiazepines with no additional fused rings is 1. The Labute approximate surface area is 190 Å². The zero-order valence-corrected chi connectivity index (χ0v) is 18.1. The van der Waals surface area contributed by atoms with Crippen molar-refractivity contribution in [2.24, 2.45) is 15.7 Å². The van der Waals surface area contributed by atoms with Gasteiger partial charge in [0.15, 0.2) is 0 Å². The van der Waals surface area contributed by atoms with Crippen molar-refractivity contribution in [3.8, 4) is 0 Å². The third kappa shape index (κ3) is 5.65. The Balaban J connectivity index is 0.00000149. The maximum Gasteiger partial charge on any atom is 0.291 e. The van der Waals surface area contributed by atoms with Gasteiger partial charge in [-0.2, -0.15) is 9.38 Å². The number of pyridine rings is 1. The van der Waals surface area contributed by atoms with Crippen LogP contribution in [0.4, 0.5) is 10.1 Å². The average molecular weight is 446 g/mol. The number of nitrogens with zero attached hydrogens (tertiary/aromatic N) is 3. The van der Waals surface area contributed by atoms with Gasteiger partial charge >= 0.3 is 0 Å². The molecule has 8 nitrogen and oxygen atoms in total. The second kappa shape index (κ2) is 10.8. The maximum atomic E-state index is 13.3. The lowest BCUT2D eigenvalue weighted by Gasteiger charge is -2.10. The van der Waals surface area contributed by atoms with Gasteiger partial charge in [-0.1, -0.05) is 62.4 Å². The van der Waals surface area contributed by atoms with Gasteiger partial charge in [-0.15, -0.1) is 0 Å². The number of nitrogens with one attached hydrogen (secondary N) is 2. The number of hydrogen-bond donors (Lipinski definition) is 3. The van der Waals surface area contributed by atoms with Gasteiger partial charge in [0, 0.05) is 29.0 Å². The Bertz CT molecular complexity index is 1210. The molecule has 0 fully saturated rings. The van der Waals surface area contributed by atoms with Gasteiger partial charge in [0.1, 0.15) is 0 Å². The van der Waals surface area contributed by atoms with Crippen molar-refractivity contribution in [3.63, 3.8) is 0 Å². The summed E-state index contributed by atoms with van der Waals surface area (Å²) in [6.45, 7) is 4.00. The third-order valence-corrected chi connectivity index (χ3v) is 4.42. The van der Waals surface area contributed by atoms with Crippen molar-refractivity contribution in [1.29, 1.82) is 5.41 Å². The Morgan fingerprint density at radius 1 is 1.12 bits per heavy atom. The number of anilines is 1. The van der Waals surface area contributed by atoms with Gasteiger partial charge in [0.25, 0.3) is 11.9 Å². The Kier molecular flexibility index (Phi) is 7.59. The van der Waals surface area contributed by atoms with E-state index >= 15 is 0 Å². The second-order valence-corrected chi connectivity index (χ2v) is 6.52. The number of amides is 1. The summed E-state index contributed by atoms with van der Waals surface area (Å²) in [5.74, 6) is -1.71. The molecule has 4 N–H and O–H groups in total. The molecule has 1 aromatic heterocycles. The van der Waals surface area contributed by atoms with Gasteiger partial charge in [-0.3, -0.25) is 10.2 Å². The largest absolute Gasteiger partial charge is 0.407 e. The van der Waals surface area contributed by atoms with E-state index in [4.69, 9.17) is 15.9 Å². The number of carbonyl (C=O) groups is 1. The number of aliphatic imine (C=N–C) groups is 2. The second-order valence-electron chi connectivity index (χ2n) is 6.52. The number of amidine groups is 1. The summed E-state index contributed by atoms with van der Waals surface area (Å²) in [6, 6.07) is 18.6. The fraction of sp³-hybridized carbons (Fsp3) is 0.125. The van der Waals surface area contributed by atoms with E-state index < -0.39 is 29.9 Å². The molecule has 2 aromatic carbocycles. The van der Waals surface area contributed by atoms with Crippen LogP contribution >= 0.6 is 0 Å². The van der Waals surface area contributed by atoms with Gasteiger partial charge in [0.05, 0.1) is 11.4 Å². The standard InChI is InChI=1S/C22H17FN6O2.C2H6/c23-17-12-14(10-11-26-17)19(24)31-22(25)29-20-21(30)27-16-9-5-4-8-15(16)18(28-20)13-6-2-1-3-7-13;1-2/h1-12,20,24H,(H2,25,29)(H,27,30);1-2H3. The number of halogens is 1. The van der Waals surface area contributed by atoms with Crippen LogP contribution < -0.4 is 11.1 Å². The molecule has 1 amide bonds. The predicted molar refractivity (Wildman–Crippen MR) is 126 cm³/mol. The minimum absolute atomic E-state index is 0.122. The van der Waals surface area contributed by atoms with Crippen molar-refractivity contribution in [2.45, 2.75) is 20.0 Å². The highest BCUT2D eigenvalue weighted by molar-refractivity contribution is 6.19.